The van der Waals surface area contributed by atoms with Crippen LogP contribution in [0.1, 0.15) is 50.6 Å². The number of halogens is 1. The Kier molecular flexibility index (Phi) is 8.75. The Morgan fingerprint density at radius 2 is 0.912 bits per heavy atom. The first-order valence-corrected chi connectivity index (χ1v) is 18.5. The van der Waals surface area contributed by atoms with Crippen LogP contribution in [0.3, 0.4) is 0 Å². The highest BCUT2D eigenvalue weighted by Crippen LogP contribution is 2.47. The van der Waals surface area contributed by atoms with Gasteiger partial charge in [-0.15, -0.1) is 25.7 Å². The first kappa shape index (κ1) is 34.8. The monoisotopic (exact) mass is 744 g/mol. The van der Waals surface area contributed by atoms with Gasteiger partial charge in [0.2, 0.25) is 0 Å². The summed E-state index contributed by atoms with van der Waals surface area (Å²) in [4.78, 5) is 17.8. The van der Waals surface area contributed by atoms with E-state index in [2.05, 4.69) is 39.7 Å². The Labute approximate surface area is 335 Å². The fourth-order valence-electron chi connectivity index (χ4n) is 7.34. The van der Waals surface area contributed by atoms with Crippen molar-refractivity contribution in [2.24, 2.45) is 0 Å². The van der Waals surface area contributed by atoms with Crippen LogP contribution in [-0.2, 0) is 0 Å². The van der Waals surface area contributed by atoms with E-state index >= 15 is 0 Å². The van der Waals surface area contributed by atoms with Crippen molar-refractivity contribution < 1.29 is 0 Å². The zero-order valence-electron chi connectivity index (χ0n) is 30.4. The molecule has 57 heavy (non-hydrogen) atoms. The summed E-state index contributed by atoms with van der Waals surface area (Å²) in [6.07, 6.45) is 27.3. The molecule has 2 N–H and O–H groups in total. The lowest BCUT2D eigenvalue weighted by molar-refractivity contribution is 1.30. The van der Waals surface area contributed by atoms with Crippen molar-refractivity contribution in [3.63, 3.8) is 0 Å². The van der Waals surface area contributed by atoms with E-state index in [-0.39, 0.29) is 0 Å². The van der Waals surface area contributed by atoms with Gasteiger partial charge >= 0.3 is 0 Å². The van der Waals surface area contributed by atoms with Gasteiger partial charge < -0.3 is 9.97 Å². The molecule has 2 aliphatic rings. The van der Waals surface area contributed by atoms with Crippen molar-refractivity contribution in [3.05, 3.63) is 178 Å². The Balaban J connectivity index is 1.54. The topological polar surface area (TPSA) is 57.4 Å². The maximum Gasteiger partial charge on any atom is 0.0851 e. The van der Waals surface area contributed by atoms with E-state index in [1.165, 1.54) is 0 Å². The van der Waals surface area contributed by atoms with Crippen LogP contribution in [0.4, 0.5) is 0 Å². The Hall–Kier alpha value is -7.99. The predicted octanol–water partition coefficient (Wildman–Crippen LogP) is 11.6. The van der Waals surface area contributed by atoms with Crippen LogP contribution in [0.2, 0.25) is 0 Å². The first-order valence-electron chi connectivity index (χ1n) is 18.1. The fourth-order valence-corrected chi connectivity index (χ4v) is 7.64. The summed E-state index contributed by atoms with van der Waals surface area (Å²) in [5.41, 5.74) is 16.3. The molecule has 2 aliphatic heterocycles. The van der Waals surface area contributed by atoms with Gasteiger partial charge in [0.1, 0.15) is 0 Å². The number of aromatic amines is 2. The molecule has 5 heterocycles. The largest absolute Gasteiger partial charge is 0.355 e. The molecule has 0 radical (unpaired) electrons. The second-order valence-corrected chi connectivity index (χ2v) is 13.9. The smallest absolute Gasteiger partial charge is 0.0851 e. The number of fused-ring (bicyclic) bond motifs is 8. The van der Waals surface area contributed by atoms with Crippen molar-refractivity contribution in [2.45, 2.75) is 0 Å². The number of benzene rings is 4. The molecule has 7 aromatic rings. The number of nitrogens with zero attached hydrogens (tertiary/aromatic N) is 2. The molecule has 0 atom stereocenters. The summed E-state index contributed by atoms with van der Waals surface area (Å²) in [5, 5.41) is 0.492. The highest BCUT2D eigenvalue weighted by molar-refractivity contribution is 6.54. The molecule has 4 aromatic carbocycles. The maximum atomic E-state index is 7.48. The van der Waals surface area contributed by atoms with Crippen molar-refractivity contribution >= 4 is 56.4 Å². The van der Waals surface area contributed by atoms with E-state index in [9.17, 15) is 0 Å². The van der Waals surface area contributed by atoms with Crippen LogP contribution in [-0.4, -0.2) is 19.9 Å². The molecule has 0 fully saturated rings. The highest BCUT2D eigenvalue weighted by atomic mass is 35.5. The van der Waals surface area contributed by atoms with Gasteiger partial charge in [0.15, 0.2) is 0 Å². The van der Waals surface area contributed by atoms with E-state index in [1.807, 2.05) is 133 Å². The number of terminal acetylenes is 4. The Morgan fingerprint density at radius 3 is 1.44 bits per heavy atom. The van der Waals surface area contributed by atoms with Crippen molar-refractivity contribution in [1.82, 2.24) is 19.9 Å². The quantitative estimate of drug-likeness (QED) is 0.176. The Morgan fingerprint density at radius 1 is 0.456 bits per heavy atom. The third kappa shape index (κ3) is 6.40. The number of nitrogens with one attached hydrogen (secondary N) is 2. The van der Waals surface area contributed by atoms with Crippen LogP contribution in [0.15, 0.2) is 127 Å². The molecular formula is C52H29ClN4. The summed E-state index contributed by atoms with van der Waals surface area (Å²) in [5.74, 6) is 11.0. The molecule has 8 bridgehead atoms. The van der Waals surface area contributed by atoms with Gasteiger partial charge in [-0.25, -0.2) is 9.97 Å². The van der Waals surface area contributed by atoms with Gasteiger partial charge in [-0.3, -0.25) is 0 Å². The lowest BCUT2D eigenvalue weighted by Gasteiger charge is -2.13. The average molecular weight is 745 g/mol. The number of rotatable bonds is 4. The number of hydrogen-bond donors (Lipinski definition) is 2. The number of hydrogen-bond acceptors (Lipinski definition) is 2. The second-order valence-electron chi connectivity index (χ2n) is 13.6. The highest BCUT2D eigenvalue weighted by Gasteiger charge is 2.27. The van der Waals surface area contributed by atoms with Gasteiger partial charge in [-0.1, -0.05) is 83.8 Å². The molecule has 0 amide bonds. The molecule has 0 saturated carbocycles. The van der Waals surface area contributed by atoms with Crippen LogP contribution in [0, 0.1) is 49.4 Å². The SMILES string of the molecule is C#Cc1ccc(C2=C(Cl)c3cc4ccc(cc5nc(cc6[nH]c(c(-c7ccc(C#C)cc7)c2n3)c(-c2ccc(C#C)cc2)c6-c2ccc(C#C)cc2)C=C5)[nH]4)cc1. The maximum absolute atomic E-state index is 7.48. The minimum atomic E-state index is 0.492. The minimum absolute atomic E-state index is 0.492. The molecule has 264 valence electrons. The van der Waals surface area contributed by atoms with Crippen LogP contribution in [0.5, 0.6) is 0 Å². The van der Waals surface area contributed by atoms with E-state index in [4.69, 9.17) is 47.3 Å². The van der Waals surface area contributed by atoms with Gasteiger partial charge in [-0.05, 0) is 113 Å². The molecule has 5 heteroatoms. The fraction of sp³-hybridized carbons (Fsp3) is 0. The van der Waals surface area contributed by atoms with Crippen molar-refractivity contribution in [2.75, 3.05) is 0 Å². The predicted molar refractivity (Wildman–Crippen MR) is 236 cm³/mol. The van der Waals surface area contributed by atoms with Crippen LogP contribution in [0.25, 0.3) is 78.2 Å². The second kappa shape index (κ2) is 14.3. The van der Waals surface area contributed by atoms with Gasteiger partial charge in [0.05, 0.1) is 33.3 Å². The average Bonchev–Trinajstić information content (AvgIpc) is 4.05. The van der Waals surface area contributed by atoms with Crippen molar-refractivity contribution in [3.8, 4) is 82.8 Å². The van der Waals surface area contributed by atoms with Crippen LogP contribution >= 0.6 is 11.6 Å². The summed E-state index contributed by atoms with van der Waals surface area (Å²) in [6.45, 7) is 0. The summed E-state index contributed by atoms with van der Waals surface area (Å²) >= 11 is 7.48. The standard InChI is InChI=1S/C52H29ClN4/c1-5-32-9-17-36(18-10-32)46-44-30-42-27-25-40(54-42)29-41-26-28-43(55-41)31-45-50(53)48(38-21-13-34(7-3)14-22-38)52(57-45)49(39-23-15-35(8-4)16-24-39)51(56-44)47(46)37-19-11-33(6-2)12-20-37/h1-4,9-31,55-56H. The van der Waals surface area contributed by atoms with Crippen LogP contribution < -0.4 is 0 Å². The minimum Gasteiger partial charge on any atom is -0.355 e. The van der Waals surface area contributed by atoms with E-state index in [0.29, 0.717) is 16.4 Å². The lowest BCUT2D eigenvalue weighted by Crippen LogP contribution is -1.94. The molecule has 0 aliphatic carbocycles. The summed E-state index contributed by atoms with van der Waals surface area (Å²) in [7, 11) is 0. The molecule has 4 nitrogen and oxygen atoms in total. The van der Waals surface area contributed by atoms with Gasteiger partial charge in [0.25, 0.3) is 0 Å². The first-order chi connectivity index (χ1) is 27.9. The van der Waals surface area contributed by atoms with E-state index in [1.54, 1.807) is 0 Å². The van der Waals surface area contributed by atoms with Crippen molar-refractivity contribution in [1.29, 1.82) is 0 Å². The summed E-state index contributed by atoms with van der Waals surface area (Å²) < 4.78 is 0. The zero-order chi connectivity index (χ0) is 39.0. The Bertz CT molecular complexity index is 3180. The molecule has 0 unspecified atom stereocenters. The molecule has 3 aromatic heterocycles. The molecule has 9 rings (SSSR count). The molecule has 0 spiro atoms. The third-order valence-electron chi connectivity index (χ3n) is 10.1. The lowest BCUT2D eigenvalue weighted by atomic mass is 9.90. The van der Waals surface area contributed by atoms with E-state index in [0.717, 1.165) is 100 Å². The van der Waals surface area contributed by atoms with E-state index < -0.39 is 0 Å². The van der Waals surface area contributed by atoms with Gasteiger partial charge in [-0.2, -0.15) is 0 Å². The molecular weight excluding hydrogens is 716 g/mol. The van der Waals surface area contributed by atoms with Gasteiger partial charge in [0, 0.05) is 61.1 Å². The zero-order valence-corrected chi connectivity index (χ0v) is 31.1. The normalized spacial score (nSPS) is 11.7. The number of aromatic nitrogens is 4. The summed E-state index contributed by atoms with van der Waals surface area (Å²) in [6, 6.07) is 41.8. The molecule has 0 saturated heterocycles. The number of H-pyrrole nitrogens is 2. The third-order valence-corrected chi connectivity index (χ3v) is 10.5.